The molecule has 0 spiro atoms. The summed E-state index contributed by atoms with van der Waals surface area (Å²) >= 11 is 0. The van der Waals surface area contributed by atoms with Gasteiger partial charge < -0.3 is 10.6 Å². The molecule has 0 aromatic rings. The van der Waals surface area contributed by atoms with E-state index in [1.807, 2.05) is 7.05 Å². The summed E-state index contributed by atoms with van der Waals surface area (Å²) in [5.74, 6) is -2.52. The Morgan fingerprint density at radius 1 is 1.41 bits per heavy atom. The molecule has 0 aromatic carbocycles. The lowest BCUT2D eigenvalue weighted by atomic mass is 10.1. The average Bonchev–Trinajstić information content (AvgIpc) is 2.57. The summed E-state index contributed by atoms with van der Waals surface area (Å²) in [6, 6.07) is -0.239. The van der Waals surface area contributed by atoms with Gasteiger partial charge in [0.25, 0.3) is 5.92 Å². The molecule has 0 aliphatic carbocycles. The van der Waals surface area contributed by atoms with Crippen LogP contribution in [0.3, 0.4) is 0 Å². The molecule has 0 aromatic heterocycles. The van der Waals surface area contributed by atoms with Crippen molar-refractivity contribution in [1.29, 1.82) is 0 Å². The van der Waals surface area contributed by atoms with Crippen molar-refractivity contribution in [3.8, 4) is 0 Å². The molecule has 1 rings (SSSR count). The topological polar surface area (TPSA) is 27.3 Å². The minimum atomic E-state index is -2.52. The van der Waals surface area contributed by atoms with Gasteiger partial charge in [0.1, 0.15) is 0 Å². The molecule has 1 aliphatic heterocycles. The Bertz CT molecular complexity index is 222. The fourth-order valence-electron chi connectivity index (χ4n) is 2.23. The summed E-state index contributed by atoms with van der Waals surface area (Å²) in [7, 11) is 1.91. The number of likely N-dealkylation sites (N-methyl/N-ethyl adjacent to an activating group) is 1. The van der Waals surface area contributed by atoms with Crippen molar-refractivity contribution in [2.24, 2.45) is 0 Å². The van der Waals surface area contributed by atoms with E-state index in [9.17, 15) is 8.78 Å². The summed E-state index contributed by atoms with van der Waals surface area (Å²) in [6.45, 7) is 7.19. The molecule has 0 bridgehead atoms. The first-order chi connectivity index (χ1) is 7.97. The van der Waals surface area contributed by atoms with E-state index in [1.54, 1.807) is 0 Å². The van der Waals surface area contributed by atoms with E-state index in [0.29, 0.717) is 19.0 Å². The second-order valence-electron chi connectivity index (χ2n) is 5.04. The van der Waals surface area contributed by atoms with Crippen molar-refractivity contribution in [1.82, 2.24) is 15.5 Å². The molecule has 2 N–H and O–H groups in total. The van der Waals surface area contributed by atoms with Crippen molar-refractivity contribution in [2.75, 3.05) is 33.2 Å². The highest BCUT2D eigenvalue weighted by atomic mass is 19.3. The Hall–Kier alpha value is -0.260. The van der Waals surface area contributed by atoms with E-state index in [2.05, 4.69) is 29.4 Å². The van der Waals surface area contributed by atoms with E-state index in [0.717, 1.165) is 19.6 Å². The first-order valence-electron chi connectivity index (χ1n) is 6.47. The summed E-state index contributed by atoms with van der Waals surface area (Å²) in [6.07, 6.45) is 0.505. The predicted octanol–water partition coefficient (Wildman–Crippen LogP) is 1.30. The van der Waals surface area contributed by atoms with Crippen LogP contribution in [0.25, 0.3) is 0 Å². The second kappa shape index (κ2) is 6.61. The summed E-state index contributed by atoms with van der Waals surface area (Å²) in [5, 5.41) is 6.00. The SMILES string of the molecule is CNCCN(CCC1NCCC1(F)F)C(C)C. The Labute approximate surface area is 103 Å². The summed E-state index contributed by atoms with van der Waals surface area (Å²) in [5.41, 5.74) is 0. The molecule has 5 heteroatoms. The van der Waals surface area contributed by atoms with Crippen LogP contribution >= 0.6 is 0 Å². The molecular weight excluding hydrogens is 224 g/mol. The van der Waals surface area contributed by atoms with E-state index >= 15 is 0 Å². The minimum absolute atomic E-state index is 0.0180. The van der Waals surface area contributed by atoms with Crippen LogP contribution in [-0.2, 0) is 0 Å². The first-order valence-corrected chi connectivity index (χ1v) is 6.47. The van der Waals surface area contributed by atoms with Crippen LogP contribution in [-0.4, -0.2) is 56.1 Å². The fraction of sp³-hybridized carbons (Fsp3) is 1.00. The largest absolute Gasteiger partial charge is 0.318 e. The average molecular weight is 249 g/mol. The second-order valence-corrected chi connectivity index (χ2v) is 5.04. The number of rotatable bonds is 7. The van der Waals surface area contributed by atoms with Gasteiger partial charge in [-0.2, -0.15) is 0 Å². The van der Waals surface area contributed by atoms with Crippen LogP contribution in [0.2, 0.25) is 0 Å². The molecule has 0 amide bonds. The number of hydrogen-bond acceptors (Lipinski definition) is 3. The first kappa shape index (κ1) is 14.8. The Balaban J connectivity index is 2.35. The maximum absolute atomic E-state index is 13.4. The molecule has 17 heavy (non-hydrogen) atoms. The fourth-order valence-corrected chi connectivity index (χ4v) is 2.23. The van der Waals surface area contributed by atoms with Crippen molar-refractivity contribution in [3.05, 3.63) is 0 Å². The van der Waals surface area contributed by atoms with E-state index in [4.69, 9.17) is 0 Å². The molecule has 0 radical (unpaired) electrons. The van der Waals surface area contributed by atoms with Gasteiger partial charge in [-0.25, -0.2) is 8.78 Å². The molecule has 1 aliphatic rings. The molecule has 3 nitrogen and oxygen atoms in total. The number of halogens is 2. The molecule has 1 fully saturated rings. The van der Waals surface area contributed by atoms with Gasteiger partial charge in [-0.05, 0) is 27.3 Å². The van der Waals surface area contributed by atoms with Gasteiger partial charge in [0.05, 0.1) is 6.04 Å². The van der Waals surface area contributed by atoms with Crippen molar-refractivity contribution in [2.45, 2.75) is 44.7 Å². The molecule has 1 saturated heterocycles. The third kappa shape index (κ3) is 4.48. The van der Waals surface area contributed by atoms with Crippen LogP contribution in [0.5, 0.6) is 0 Å². The van der Waals surface area contributed by atoms with Crippen LogP contribution in [0.1, 0.15) is 26.7 Å². The summed E-state index contributed by atoms with van der Waals surface area (Å²) < 4.78 is 26.8. The molecular formula is C12H25F2N3. The lowest BCUT2D eigenvalue weighted by Crippen LogP contribution is -2.42. The predicted molar refractivity (Wildman–Crippen MR) is 66.6 cm³/mol. The molecule has 102 valence electrons. The maximum atomic E-state index is 13.4. The molecule has 0 saturated carbocycles. The number of nitrogens with one attached hydrogen (secondary N) is 2. The number of nitrogens with zero attached hydrogens (tertiary/aromatic N) is 1. The van der Waals surface area contributed by atoms with E-state index in [-0.39, 0.29) is 6.42 Å². The maximum Gasteiger partial charge on any atom is 0.264 e. The molecule has 1 unspecified atom stereocenters. The zero-order chi connectivity index (χ0) is 12.9. The standard InChI is InChI=1S/C12H25F2N3/c1-10(2)17(9-7-15-3)8-4-11-12(13,14)5-6-16-11/h10-11,15-16H,4-9H2,1-3H3. The quantitative estimate of drug-likeness (QED) is 0.712. The van der Waals surface area contributed by atoms with Crippen molar-refractivity contribution >= 4 is 0 Å². The zero-order valence-corrected chi connectivity index (χ0v) is 11.1. The third-order valence-electron chi connectivity index (χ3n) is 3.44. The van der Waals surface area contributed by atoms with Crippen LogP contribution in [0.4, 0.5) is 8.78 Å². The Morgan fingerprint density at radius 3 is 2.59 bits per heavy atom. The van der Waals surface area contributed by atoms with E-state index in [1.165, 1.54) is 0 Å². The lowest BCUT2D eigenvalue weighted by Gasteiger charge is -2.28. The normalized spacial score (nSPS) is 23.8. The number of alkyl halides is 2. The highest BCUT2D eigenvalue weighted by Crippen LogP contribution is 2.29. The van der Waals surface area contributed by atoms with Gasteiger partial charge in [0, 0.05) is 38.6 Å². The highest BCUT2D eigenvalue weighted by Gasteiger charge is 2.43. The van der Waals surface area contributed by atoms with Crippen LogP contribution in [0, 0.1) is 0 Å². The van der Waals surface area contributed by atoms with E-state index < -0.39 is 12.0 Å². The molecule has 1 atom stereocenters. The van der Waals surface area contributed by atoms with Gasteiger partial charge in [-0.15, -0.1) is 0 Å². The number of hydrogen-bond donors (Lipinski definition) is 2. The van der Waals surface area contributed by atoms with Crippen LogP contribution in [0.15, 0.2) is 0 Å². The van der Waals surface area contributed by atoms with Gasteiger partial charge in [-0.3, -0.25) is 4.90 Å². The van der Waals surface area contributed by atoms with Crippen molar-refractivity contribution < 1.29 is 8.78 Å². The summed E-state index contributed by atoms with van der Waals surface area (Å²) in [4.78, 5) is 2.24. The highest BCUT2D eigenvalue weighted by molar-refractivity contribution is 4.91. The lowest BCUT2D eigenvalue weighted by molar-refractivity contribution is -0.0162. The van der Waals surface area contributed by atoms with Crippen molar-refractivity contribution in [3.63, 3.8) is 0 Å². The monoisotopic (exact) mass is 249 g/mol. The minimum Gasteiger partial charge on any atom is -0.318 e. The van der Waals surface area contributed by atoms with Gasteiger partial charge in [0.15, 0.2) is 0 Å². The Morgan fingerprint density at radius 2 is 2.12 bits per heavy atom. The zero-order valence-electron chi connectivity index (χ0n) is 11.1. The van der Waals surface area contributed by atoms with Crippen LogP contribution < -0.4 is 10.6 Å². The Kier molecular flexibility index (Phi) is 5.76. The van der Waals surface area contributed by atoms with Gasteiger partial charge in [0.2, 0.25) is 0 Å². The smallest absolute Gasteiger partial charge is 0.264 e. The van der Waals surface area contributed by atoms with Gasteiger partial charge >= 0.3 is 0 Å². The van der Waals surface area contributed by atoms with Gasteiger partial charge in [-0.1, -0.05) is 0 Å². The third-order valence-corrected chi connectivity index (χ3v) is 3.44. The molecule has 1 heterocycles.